The topological polar surface area (TPSA) is 48.0 Å². The Balaban J connectivity index is 1.49. The first kappa shape index (κ1) is 21.0. The van der Waals surface area contributed by atoms with Crippen LogP contribution in [0.5, 0.6) is 0 Å². The lowest BCUT2D eigenvalue weighted by Crippen LogP contribution is -2.16. The summed E-state index contributed by atoms with van der Waals surface area (Å²) < 4.78 is 4.66. The first-order chi connectivity index (χ1) is 19.1. The SMILES string of the molecule is CC1(C)c2nc3c4cccnc4c4cccnc4n3c2-c2ccc3c(c21)c1ccccc1n3-c1ccccc1. The van der Waals surface area contributed by atoms with Gasteiger partial charge in [-0.05, 0) is 54.1 Å². The molecule has 0 saturated carbocycles. The van der Waals surface area contributed by atoms with E-state index >= 15 is 0 Å². The molecule has 1 aliphatic rings. The molecule has 5 aromatic heterocycles. The first-order valence-corrected chi connectivity index (χ1v) is 13.3. The molecule has 184 valence electrons. The van der Waals surface area contributed by atoms with Crippen molar-refractivity contribution in [2.24, 2.45) is 0 Å². The van der Waals surface area contributed by atoms with Gasteiger partial charge in [-0.3, -0.25) is 9.38 Å². The maximum absolute atomic E-state index is 5.37. The fourth-order valence-electron chi connectivity index (χ4n) is 6.93. The number of para-hydroxylation sites is 2. The zero-order valence-corrected chi connectivity index (χ0v) is 21.6. The summed E-state index contributed by atoms with van der Waals surface area (Å²) in [6.45, 7) is 4.63. The van der Waals surface area contributed by atoms with Gasteiger partial charge in [0, 0.05) is 50.6 Å². The van der Waals surface area contributed by atoms with E-state index in [4.69, 9.17) is 15.0 Å². The Kier molecular flexibility index (Phi) is 3.81. The van der Waals surface area contributed by atoms with Gasteiger partial charge in [0.05, 0.1) is 27.9 Å². The Morgan fingerprint density at radius 3 is 2.21 bits per heavy atom. The Labute approximate surface area is 224 Å². The van der Waals surface area contributed by atoms with Crippen LogP contribution in [0.4, 0.5) is 0 Å². The van der Waals surface area contributed by atoms with Gasteiger partial charge in [-0.2, -0.15) is 0 Å². The van der Waals surface area contributed by atoms with Gasteiger partial charge in [0.2, 0.25) is 0 Å². The third-order valence-electron chi connectivity index (χ3n) is 8.50. The minimum atomic E-state index is -0.308. The van der Waals surface area contributed by atoms with E-state index in [1.807, 2.05) is 24.5 Å². The van der Waals surface area contributed by atoms with Crippen molar-refractivity contribution in [2.75, 3.05) is 0 Å². The highest BCUT2D eigenvalue weighted by Gasteiger charge is 2.42. The second kappa shape index (κ2) is 7.08. The quantitative estimate of drug-likeness (QED) is 0.215. The van der Waals surface area contributed by atoms with Crippen molar-refractivity contribution in [1.29, 1.82) is 0 Å². The average Bonchev–Trinajstić information content (AvgIpc) is 3.61. The molecule has 5 heterocycles. The molecule has 0 fully saturated rings. The van der Waals surface area contributed by atoms with Crippen LogP contribution in [0.1, 0.15) is 25.1 Å². The van der Waals surface area contributed by atoms with Crippen LogP contribution >= 0.6 is 0 Å². The summed E-state index contributed by atoms with van der Waals surface area (Å²) >= 11 is 0. The summed E-state index contributed by atoms with van der Waals surface area (Å²) in [5, 5.41) is 4.64. The molecule has 0 atom stereocenters. The number of hydrogen-bond acceptors (Lipinski definition) is 3. The molecule has 0 unspecified atom stereocenters. The van der Waals surface area contributed by atoms with Crippen molar-refractivity contribution in [3.05, 3.63) is 115 Å². The molecule has 1 aliphatic carbocycles. The molecule has 5 nitrogen and oxygen atoms in total. The molecular formula is C34H23N5. The monoisotopic (exact) mass is 501 g/mol. The fourth-order valence-corrected chi connectivity index (χ4v) is 6.93. The molecule has 3 aromatic carbocycles. The minimum absolute atomic E-state index is 0.308. The Bertz CT molecular complexity index is 2300. The van der Waals surface area contributed by atoms with Crippen LogP contribution < -0.4 is 0 Å². The second-order valence-electron chi connectivity index (χ2n) is 10.9. The van der Waals surface area contributed by atoms with Crippen LogP contribution in [0.15, 0.2) is 103 Å². The normalized spacial score (nSPS) is 14.1. The third-order valence-corrected chi connectivity index (χ3v) is 8.50. The molecule has 39 heavy (non-hydrogen) atoms. The van der Waals surface area contributed by atoms with E-state index in [0.29, 0.717) is 0 Å². The summed E-state index contributed by atoms with van der Waals surface area (Å²) in [7, 11) is 0. The maximum Gasteiger partial charge on any atom is 0.148 e. The average molecular weight is 502 g/mol. The molecule has 0 aliphatic heterocycles. The standard InChI is InChI=1S/C34H23N5/c1-34(2)28-22(16-17-26-27(28)21-12-6-7-15-25(21)38(26)20-10-4-3-5-11-20)30-31(34)37-33-24-14-8-18-35-29(24)23-13-9-19-36-32(23)39(30)33/h3-19H,1-2H3. The van der Waals surface area contributed by atoms with Gasteiger partial charge in [-0.25, -0.2) is 9.97 Å². The predicted molar refractivity (Wildman–Crippen MR) is 158 cm³/mol. The summed E-state index contributed by atoms with van der Waals surface area (Å²) in [6.07, 6.45) is 3.71. The van der Waals surface area contributed by atoms with E-state index in [1.165, 1.54) is 38.6 Å². The van der Waals surface area contributed by atoms with Gasteiger partial charge in [-0.1, -0.05) is 56.3 Å². The lowest BCUT2D eigenvalue weighted by Gasteiger charge is -2.21. The van der Waals surface area contributed by atoms with Gasteiger partial charge in [0.15, 0.2) is 0 Å². The highest BCUT2D eigenvalue weighted by molar-refractivity contribution is 6.15. The van der Waals surface area contributed by atoms with Gasteiger partial charge < -0.3 is 4.57 Å². The molecule has 0 bridgehead atoms. The zero-order valence-electron chi connectivity index (χ0n) is 21.6. The number of aromatic nitrogens is 5. The number of benzene rings is 3. The van der Waals surface area contributed by atoms with Gasteiger partial charge in [0.1, 0.15) is 11.3 Å². The van der Waals surface area contributed by atoms with Crippen LogP contribution in [0, 0.1) is 0 Å². The fraction of sp³-hybridized carbons (Fsp3) is 0.0882. The number of pyridine rings is 3. The highest BCUT2D eigenvalue weighted by Crippen LogP contribution is 2.54. The molecule has 0 radical (unpaired) electrons. The van der Waals surface area contributed by atoms with Crippen molar-refractivity contribution in [3.8, 4) is 16.9 Å². The van der Waals surface area contributed by atoms with Crippen LogP contribution in [0.25, 0.3) is 66.3 Å². The lowest BCUT2D eigenvalue weighted by molar-refractivity contribution is 0.647. The molecule has 9 rings (SSSR count). The first-order valence-electron chi connectivity index (χ1n) is 13.3. The maximum atomic E-state index is 5.37. The van der Waals surface area contributed by atoms with Crippen LogP contribution in [0.3, 0.4) is 0 Å². The van der Waals surface area contributed by atoms with Crippen molar-refractivity contribution < 1.29 is 0 Å². The summed E-state index contributed by atoms with van der Waals surface area (Å²) in [4.78, 5) is 15.0. The van der Waals surface area contributed by atoms with Gasteiger partial charge in [-0.15, -0.1) is 0 Å². The van der Waals surface area contributed by atoms with Crippen molar-refractivity contribution in [2.45, 2.75) is 19.3 Å². The highest BCUT2D eigenvalue weighted by atomic mass is 15.1. The number of fused-ring (bicyclic) bond motifs is 14. The number of rotatable bonds is 1. The number of nitrogens with zero attached hydrogens (tertiary/aromatic N) is 5. The van der Waals surface area contributed by atoms with Crippen LogP contribution in [0.2, 0.25) is 0 Å². The largest absolute Gasteiger partial charge is 0.309 e. The number of imidazole rings is 1. The van der Waals surface area contributed by atoms with E-state index in [2.05, 4.69) is 102 Å². The van der Waals surface area contributed by atoms with E-state index in [9.17, 15) is 0 Å². The molecule has 8 aromatic rings. The van der Waals surface area contributed by atoms with Crippen molar-refractivity contribution >= 4 is 49.4 Å². The Morgan fingerprint density at radius 1 is 0.641 bits per heavy atom. The summed E-state index contributed by atoms with van der Waals surface area (Å²) in [5.74, 6) is 0. The molecule has 0 spiro atoms. The van der Waals surface area contributed by atoms with Crippen molar-refractivity contribution in [1.82, 2.24) is 23.9 Å². The van der Waals surface area contributed by atoms with E-state index in [1.54, 1.807) is 0 Å². The zero-order chi connectivity index (χ0) is 25.9. The second-order valence-corrected chi connectivity index (χ2v) is 10.9. The van der Waals surface area contributed by atoms with Crippen LogP contribution in [-0.2, 0) is 5.41 Å². The lowest BCUT2D eigenvalue weighted by atomic mass is 9.83. The van der Waals surface area contributed by atoms with E-state index < -0.39 is 0 Å². The number of hydrogen-bond donors (Lipinski definition) is 0. The van der Waals surface area contributed by atoms with Gasteiger partial charge in [0.25, 0.3) is 0 Å². The molecule has 0 saturated heterocycles. The Hall–Kier alpha value is -5.03. The van der Waals surface area contributed by atoms with E-state index in [-0.39, 0.29) is 5.41 Å². The summed E-state index contributed by atoms with van der Waals surface area (Å²) in [6, 6.07) is 32.2. The molecular weight excluding hydrogens is 478 g/mol. The van der Waals surface area contributed by atoms with E-state index in [0.717, 1.165) is 39.0 Å². The predicted octanol–water partition coefficient (Wildman–Crippen LogP) is 7.83. The third kappa shape index (κ3) is 2.48. The Morgan fingerprint density at radius 2 is 1.36 bits per heavy atom. The smallest absolute Gasteiger partial charge is 0.148 e. The molecule has 0 amide bonds. The van der Waals surface area contributed by atoms with Gasteiger partial charge >= 0.3 is 0 Å². The summed E-state index contributed by atoms with van der Waals surface area (Å²) in [5.41, 5.74) is 10.8. The molecule has 0 N–H and O–H groups in total. The minimum Gasteiger partial charge on any atom is -0.309 e. The molecule has 5 heteroatoms. The van der Waals surface area contributed by atoms with Crippen molar-refractivity contribution in [3.63, 3.8) is 0 Å². The van der Waals surface area contributed by atoms with Crippen LogP contribution in [-0.4, -0.2) is 23.9 Å².